The average Bonchev–Trinajstić information content (AvgIpc) is 2.44. The van der Waals surface area contributed by atoms with Crippen molar-refractivity contribution in [2.75, 3.05) is 26.2 Å². The standard InChI is InChI=1S/C11H13F3N2O3S/c12-8-1-2-9(11(14)10(8)13)20(17,18)16-3-4-19-7(5-15)6-16/h1-2,7H,3-6,15H2. The zero-order valence-corrected chi connectivity index (χ0v) is 11.2. The van der Waals surface area contributed by atoms with Gasteiger partial charge in [0.1, 0.15) is 4.90 Å². The first kappa shape index (κ1) is 15.2. The number of rotatable bonds is 3. The lowest BCUT2D eigenvalue weighted by molar-refractivity contribution is 0.00443. The van der Waals surface area contributed by atoms with Crippen molar-refractivity contribution in [3.05, 3.63) is 29.6 Å². The molecule has 1 saturated heterocycles. The molecule has 0 spiro atoms. The minimum atomic E-state index is -4.26. The molecule has 20 heavy (non-hydrogen) atoms. The molecule has 112 valence electrons. The van der Waals surface area contributed by atoms with Crippen molar-refractivity contribution < 1.29 is 26.3 Å². The minimum absolute atomic E-state index is 0.00271. The van der Waals surface area contributed by atoms with Crippen LogP contribution < -0.4 is 5.73 Å². The molecule has 1 atom stereocenters. The summed E-state index contributed by atoms with van der Waals surface area (Å²) in [6, 6.07) is 1.28. The van der Waals surface area contributed by atoms with Crippen LogP contribution in [0, 0.1) is 17.5 Å². The minimum Gasteiger partial charge on any atom is -0.374 e. The average molecular weight is 310 g/mol. The molecule has 0 aromatic heterocycles. The lowest BCUT2D eigenvalue weighted by Crippen LogP contribution is -2.48. The molecule has 2 rings (SSSR count). The number of morpholine rings is 1. The van der Waals surface area contributed by atoms with Crippen LogP contribution in [0.25, 0.3) is 0 Å². The van der Waals surface area contributed by atoms with E-state index in [0.717, 1.165) is 4.31 Å². The number of nitrogens with two attached hydrogens (primary N) is 1. The van der Waals surface area contributed by atoms with Crippen LogP contribution in [0.15, 0.2) is 17.0 Å². The number of nitrogens with zero attached hydrogens (tertiary/aromatic N) is 1. The van der Waals surface area contributed by atoms with Crippen molar-refractivity contribution in [1.29, 1.82) is 0 Å². The smallest absolute Gasteiger partial charge is 0.246 e. The summed E-state index contributed by atoms with van der Waals surface area (Å²) in [5, 5.41) is 0. The second kappa shape index (κ2) is 5.68. The highest BCUT2D eigenvalue weighted by molar-refractivity contribution is 7.89. The van der Waals surface area contributed by atoms with E-state index in [0.29, 0.717) is 12.1 Å². The topological polar surface area (TPSA) is 72.6 Å². The third-order valence-electron chi connectivity index (χ3n) is 2.98. The molecule has 1 heterocycles. The Morgan fingerprint density at radius 3 is 2.65 bits per heavy atom. The molecule has 0 amide bonds. The first-order valence-corrected chi connectivity index (χ1v) is 7.27. The number of ether oxygens (including phenoxy) is 1. The summed E-state index contributed by atoms with van der Waals surface area (Å²) in [7, 11) is -4.26. The van der Waals surface area contributed by atoms with E-state index in [1.165, 1.54) is 0 Å². The quantitative estimate of drug-likeness (QED) is 0.823. The molecule has 1 fully saturated rings. The van der Waals surface area contributed by atoms with Gasteiger partial charge in [-0.1, -0.05) is 0 Å². The summed E-state index contributed by atoms with van der Waals surface area (Å²) in [6.07, 6.45) is -0.508. The van der Waals surface area contributed by atoms with Gasteiger partial charge < -0.3 is 10.5 Å². The van der Waals surface area contributed by atoms with E-state index in [9.17, 15) is 21.6 Å². The van der Waals surface area contributed by atoms with Gasteiger partial charge in [0, 0.05) is 19.6 Å². The van der Waals surface area contributed by atoms with Gasteiger partial charge in [-0.15, -0.1) is 0 Å². The number of hydrogen-bond acceptors (Lipinski definition) is 4. The molecule has 5 nitrogen and oxygen atoms in total. The highest BCUT2D eigenvalue weighted by Gasteiger charge is 2.33. The summed E-state index contributed by atoms with van der Waals surface area (Å²) in [4.78, 5) is -0.894. The van der Waals surface area contributed by atoms with Crippen LogP contribution in [0.5, 0.6) is 0 Å². The van der Waals surface area contributed by atoms with Crippen LogP contribution in [0.3, 0.4) is 0 Å². The third-order valence-corrected chi connectivity index (χ3v) is 4.86. The lowest BCUT2D eigenvalue weighted by Gasteiger charge is -2.31. The molecule has 1 aromatic carbocycles. The number of halogens is 3. The van der Waals surface area contributed by atoms with E-state index in [-0.39, 0.29) is 26.2 Å². The highest BCUT2D eigenvalue weighted by atomic mass is 32.2. The van der Waals surface area contributed by atoms with E-state index in [1.54, 1.807) is 0 Å². The van der Waals surface area contributed by atoms with Crippen LogP contribution in [0.2, 0.25) is 0 Å². The van der Waals surface area contributed by atoms with Crippen LogP contribution in [-0.2, 0) is 14.8 Å². The summed E-state index contributed by atoms with van der Waals surface area (Å²) in [5.74, 6) is -4.97. The molecule has 0 saturated carbocycles. The van der Waals surface area contributed by atoms with Crippen molar-refractivity contribution >= 4 is 10.0 Å². The highest BCUT2D eigenvalue weighted by Crippen LogP contribution is 2.24. The fourth-order valence-corrected chi connectivity index (χ4v) is 3.41. The first-order valence-electron chi connectivity index (χ1n) is 5.83. The predicted molar refractivity (Wildman–Crippen MR) is 63.9 cm³/mol. The first-order chi connectivity index (χ1) is 9.37. The largest absolute Gasteiger partial charge is 0.374 e. The Labute approximate surface area is 114 Å². The van der Waals surface area contributed by atoms with Gasteiger partial charge in [0.25, 0.3) is 0 Å². The van der Waals surface area contributed by atoms with Gasteiger partial charge in [0.2, 0.25) is 10.0 Å². The normalized spacial score (nSPS) is 21.1. The van der Waals surface area contributed by atoms with Gasteiger partial charge >= 0.3 is 0 Å². The summed E-state index contributed by atoms with van der Waals surface area (Å²) in [5.41, 5.74) is 5.39. The number of benzene rings is 1. The maximum atomic E-state index is 13.6. The molecule has 2 N–H and O–H groups in total. The van der Waals surface area contributed by atoms with E-state index >= 15 is 0 Å². The van der Waals surface area contributed by atoms with Crippen LogP contribution in [-0.4, -0.2) is 45.1 Å². The summed E-state index contributed by atoms with van der Waals surface area (Å²) in [6.45, 7) is 0.146. The monoisotopic (exact) mass is 310 g/mol. The number of hydrogen-bond donors (Lipinski definition) is 1. The van der Waals surface area contributed by atoms with Crippen molar-refractivity contribution in [1.82, 2.24) is 4.31 Å². The SMILES string of the molecule is NCC1CN(S(=O)(=O)c2ccc(F)c(F)c2F)CCO1. The zero-order chi connectivity index (χ0) is 14.9. The Hall–Kier alpha value is -1.16. The van der Waals surface area contributed by atoms with E-state index < -0.39 is 38.5 Å². The fourth-order valence-electron chi connectivity index (χ4n) is 1.90. The van der Waals surface area contributed by atoms with Gasteiger partial charge in [-0.3, -0.25) is 0 Å². The van der Waals surface area contributed by atoms with Gasteiger partial charge in [-0.05, 0) is 12.1 Å². The van der Waals surface area contributed by atoms with E-state index in [4.69, 9.17) is 10.5 Å². The van der Waals surface area contributed by atoms with E-state index in [1.807, 2.05) is 0 Å². The Morgan fingerprint density at radius 2 is 2.00 bits per heavy atom. The zero-order valence-electron chi connectivity index (χ0n) is 10.4. The molecule has 0 aliphatic carbocycles. The van der Waals surface area contributed by atoms with Crippen molar-refractivity contribution in [2.24, 2.45) is 5.73 Å². The molecule has 0 bridgehead atoms. The van der Waals surface area contributed by atoms with Gasteiger partial charge in [-0.25, -0.2) is 21.6 Å². The molecular weight excluding hydrogens is 297 g/mol. The molecule has 1 aliphatic rings. The van der Waals surface area contributed by atoms with Crippen LogP contribution in [0.1, 0.15) is 0 Å². The summed E-state index contributed by atoms with van der Waals surface area (Å²) < 4.78 is 70.2. The maximum Gasteiger partial charge on any atom is 0.246 e. The van der Waals surface area contributed by atoms with E-state index in [2.05, 4.69) is 0 Å². The third kappa shape index (κ3) is 2.66. The summed E-state index contributed by atoms with van der Waals surface area (Å²) >= 11 is 0. The molecule has 1 unspecified atom stereocenters. The Bertz CT molecular complexity index is 609. The molecule has 9 heteroatoms. The molecule has 1 aromatic rings. The fraction of sp³-hybridized carbons (Fsp3) is 0.455. The molecular formula is C11H13F3N2O3S. The van der Waals surface area contributed by atoms with Gasteiger partial charge in [0.05, 0.1) is 12.7 Å². The Kier molecular flexibility index (Phi) is 4.33. The maximum absolute atomic E-state index is 13.6. The predicted octanol–water partition coefficient (Wildman–Crippen LogP) is 0.452. The Balaban J connectivity index is 2.38. The van der Waals surface area contributed by atoms with Crippen molar-refractivity contribution in [3.63, 3.8) is 0 Å². The molecule has 1 aliphatic heterocycles. The number of sulfonamides is 1. The van der Waals surface area contributed by atoms with Crippen molar-refractivity contribution in [3.8, 4) is 0 Å². The van der Waals surface area contributed by atoms with Gasteiger partial charge in [-0.2, -0.15) is 4.31 Å². The Morgan fingerprint density at radius 1 is 1.30 bits per heavy atom. The van der Waals surface area contributed by atoms with Crippen LogP contribution in [0.4, 0.5) is 13.2 Å². The molecule has 0 radical (unpaired) electrons. The second-order valence-electron chi connectivity index (χ2n) is 4.27. The van der Waals surface area contributed by atoms with Crippen molar-refractivity contribution in [2.45, 2.75) is 11.0 Å². The second-order valence-corrected chi connectivity index (χ2v) is 6.17. The lowest BCUT2D eigenvalue weighted by atomic mass is 10.3. The van der Waals surface area contributed by atoms with Gasteiger partial charge in [0.15, 0.2) is 17.5 Å². The van der Waals surface area contributed by atoms with Crippen LogP contribution >= 0.6 is 0 Å².